The molecule has 1 saturated carbocycles. The summed E-state index contributed by atoms with van der Waals surface area (Å²) in [6, 6.07) is 8.67. The second-order valence-electron chi connectivity index (χ2n) is 11.2. The van der Waals surface area contributed by atoms with Crippen molar-refractivity contribution in [2.75, 3.05) is 6.54 Å². The Morgan fingerprint density at radius 3 is 2.59 bits per heavy atom. The van der Waals surface area contributed by atoms with E-state index in [0.29, 0.717) is 23.7 Å². The molecule has 1 aliphatic heterocycles. The molecule has 1 aromatic carbocycles. The number of hydrogen-bond acceptors (Lipinski definition) is 4. The summed E-state index contributed by atoms with van der Waals surface area (Å²) in [7, 11) is 5.67. The summed E-state index contributed by atoms with van der Waals surface area (Å²) in [5.41, 5.74) is 0.437. The largest absolute Gasteiger partial charge is 0.418 e. The lowest BCUT2D eigenvalue weighted by molar-refractivity contribution is -0.136. The number of imidazole rings is 1. The molecule has 0 amide bonds. The van der Waals surface area contributed by atoms with Gasteiger partial charge in [-0.3, -0.25) is 13.9 Å². The summed E-state index contributed by atoms with van der Waals surface area (Å²) < 4.78 is 47.1. The van der Waals surface area contributed by atoms with Crippen molar-refractivity contribution in [3.63, 3.8) is 0 Å². The van der Waals surface area contributed by atoms with Crippen LogP contribution in [-0.4, -0.2) is 50.6 Å². The molecule has 4 aromatic rings. The summed E-state index contributed by atoms with van der Waals surface area (Å²) in [5.74, 6) is 1.24. The highest BCUT2D eigenvalue weighted by Gasteiger charge is 2.37. The molecule has 11 heteroatoms. The van der Waals surface area contributed by atoms with Gasteiger partial charge in [0, 0.05) is 37.1 Å². The normalized spacial score (nSPS) is 21.5. The lowest BCUT2D eigenvalue weighted by Crippen LogP contribution is -2.41. The van der Waals surface area contributed by atoms with E-state index < -0.39 is 17.4 Å². The predicted molar refractivity (Wildman–Crippen MR) is 142 cm³/mol. The van der Waals surface area contributed by atoms with Crippen molar-refractivity contribution in [2.24, 2.45) is 13.0 Å². The summed E-state index contributed by atoms with van der Waals surface area (Å²) in [6.07, 6.45) is 5.07. The average molecular weight is 552 g/mol. The lowest BCUT2D eigenvalue weighted by Gasteiger charge is -2.33. The standard InChI is InChI=1S/C28H30F3N6OSi/c1-27(39)10-5-11-35(27)14-18-12-22(28(29,30)31)23-16-36(26(38)37(23)15-18)21-9-4-8-20(13-21)24(19-6-3-7-19)25-33-32-17-34(25)2/h4,8-9,12-13,15-17,19,24H,3,5-7,10-11,14H2,1-2H3/t24?,27-/m1/s1. The number of nitrogens with zero attached hydrogens (tertiary/aromatic N) is 6. The number of likely N-dealkylation sites (tertiary alicyclic amines) is 1. The average Bonchev–Trinajstić information content (AvgIpc) is 3.52. The first-order valence-electron chi connectivity index (χ1n) is 13.3. The second-order valence-corrected chi connectivity index (χ2v) is 12.2. The number of pyridine rings is 1. The molecule has 0 bridgehead atoms. The van der Waals surface area contributed by atoms with Crippen LogP contribution in [0.15, 0.2) is 53.8 Å². The molecule has 1 saturated heterocycles. The van der Waals surface area contributed by atoms with Crippen molar-refractivity contribution in [3.05, 3.63) is 82.1 Å². The Morgan fingerprint density at radius 1 is 1.18 bits per heavy atom. The number of aryl methyl sites for hydroxylation is 1. The van der Waals surface area contributed by atoms with Crippen LogP contribution in [-0.2, 0) is 19.8 Å². The number of alkyl halides is 3. The maximum Gasteiger partial charge on any atom is 0.418 e. The number of fused-ring (bicyclic) bond motifs is 1. The Morgan fingerprint density at radius 2 is 1.97 bits per heavy atom. The van der Waals surface area contributed by atoms with E-state index in [0.717, 1.165) is 54.4 Å². The topological polar surface area (TPSA) is 60.4 Å². The quantitative estimate of drug-likeness (QED) is 0.328. The Labute approximate surface area is 227 Å². The van der Waals surface area contributed by atoms with E-state index in [9.17, 15) is 18.0 Å². The van der Waals surface area contributed by atoms with Gasteiger partial charge in [0.2, 0.25) is 0 Å². The van der Waals surface area contributed by atoms with Gasteiger partial charge >= 0.3 is 11.9 Å². The molecule has 3 radical (unpaired) electrons. The van der Waals surface area contributed by atoms with E-state index in [-0.39, 0.29) is 16.6 Å². The van der Waals surface area contributed by atoms with Crippen LogP contribution in [0, 0.1) is 5.92 Å². The zero-order chi connectivity index (χ0) is 27.5. The molecular weight excluding hydrogens is 521 g/mol. The van der Waals surface area contributed by atoms with Gasteiger partial charge < -0.3 is 4.57 Å². The van der Waals surface area contributed by atoms with Gasteiger partial charge in [-0.2, -0.15) is 13.2 Å². The summed E-state index contributed by atoms with van der Waals surface area (Å²) in [6.45, 7) is 3.11. The first kappa shape index (κ1) is 26.1. The van der Waals surface area contributed by atoms with Gasteiger partial charge in [0.15, 0.2) is 0 Å². The van der Waals surface area contributed by atoms with Crippen LogP contribution >= 0.6 is 0 Å². The van der Waals surface area contributed by atoms with Crippen molar-refractivity contribution in [2.45, 2.75) is 62.8 Å². The first-order valence-corrected chi connectivity index (χ1v) is 13.8. The van der Waals surface area contributed by atoms with Gasteiger partial charge in [-0.1, -0.05) is 25.5 Å². The van der Waals surface area contributed by atoms with E-state index in [1.807, 2.05) is 36.7 Å². The zero-order valence-electron chi connectivity index (χ0n) is 21.9. The van der Waals surface area contributed by atoms with E-state index in [1.54, 1.807) is 18.6 Å². The Bertz CT molecular complexity index is 1580. The van der Waals surface area contributed by atoms with Crippen LogP contribution < -0.4 is 5.69 Å². The third-order valence-electron chi connectivity index (χ3n) is 8.45. The van der Waals surface area contributed by atoms with Crippen molar-refractivity contribution < 1.29 is 13.2 Å². The predicted octanol–water partition coefficient (Wildman–Crippen LogP) is 4.65. The smallest absolute Gasteiger partial charge is 0.320 e. The number of halogens is 3. The maximum absolute atomic E-state index is 14.2. The fourth-order valence-electron chi connectivity index (χ4n) is 6.08. The maximum atomic E-state index is 14.2. The molecule has 6 rings (SSSR count). The zero-order valence-corrected chi connectivity index (χ0v) is 22.9. The van der Waals surface area contributed by atoms with E-state index in [1.165, 1.54) is 16.8 Å². The molecule has 1 aliphatic carbocycles. The molecule has 2 aliphatic rings. The SMILES string of the molecule is Cn1cnnc1C(c1cccc(-n2cc3c(C(F)(F)F)cc(CN4CCC[C@@]4(C)[Si])cn3c2=O)c1)C1CCC1. The fourth-order valence-corrected chi connectivity index (χ4v) is 6.45. The number of aromatic nitrogens is 5. The summed E-state index contributed by atoms with van der Waals surface area (Å²) in [5, 5.41) is 8.13. The van der Waals surface area contributed by atoms with Crippen LogP contribution in [0.1, 0.15) is 67.5 Å². The van der Waals surface area contributed by atoms with Gasteiger partial charge in [0.25, 0.3) is 0 Å². The molecule has 2 atom stereocenters. The highest BCUT2D eigenvalue weighted by molar-refractivity contribution is 6.15. The molecule has 7 nitrogen and oxygen atoms in total. The van der Waals surface area contributed by atoms with Gasteiger partial charge in [0.1, 0.15) is 12.2 Å². The van der Waals surface area contributed by atoms with Crippen LogP contribution in [0.4, 0.5) is 13.2 Å². The molecule has 4 heterocycles. The van der Waals surface area contributed by atoms with Crippen molar-refractivity contribution in [3.8, 4) is 5.69 Å². The first-order chi connectivity index (χ1) is 18.5. The molecule has 39 heavy (non-hydrogen) atoms. The molecule has 0 spiro atoms. The lowest BCUT2D eigenvalue weighted by atomic mass is 9.72. The van der Waals surface area contributed by atoms with Gasteiger partial charge in [-0.25, -0.2) is 4.79 Å². The minimum Gasteiger partial charge on any atom is -0.320 e. The molecule has 0 N–H and O–H groups in total. The van der Waals surface area contributed by atoms with Gasteiger partial charge in [-0.05, 0) is 67.5 Å². The number of hydrogen-bond donors (Lipinski definition) is 0. The summed E-state index contributed by atoms with van der Waals surface area (Å²) >= 11 is 0. The van der Waals surface area contributed by atoms with Crippen LogP contribution in [0.25, 0.3) is 11.2 Å². The third-order valence-corrected chi connectivity index (χ3v) is 9.01. The monoisotopic (exact) mass is 551 g/mol. The number of rotatable bonds is 6. The van der Waals surface area contributed by atoms with Crippen molar-refractivity contribution in [1.82, 2.24) is 28.6 Å². The van der Waals surface area contributed by atoms with Crippen LogP contribution in [0.5, 0.6) is 0 Å². The van der Waals surface area contributed by atoms with Gasteiger partial charge in [-0.15, -0.1) is 10.2 Å². The highest BCUT2D eigenvalue weighted by atomic mass is 28.1. The van der Waals surface area contributed by atoms with Gasteiger partial charge in [0.05, 0.1) is 27.0 Å². The van der Waals surface area contributed by atoms with Crippen molar-refractivity contribution >= 4 is 15.8 Å². The van der Waals surface area contributed by atoms with E-state index in [4.69, 9.17) is 0 Å². The third kappa shape index (κ3) is 4.65. The molecule has 2 fully saturated rings. The fraction of sp³-hybridized carbons (Fsp3) is 0.464. The Balaban J connectivity index is 1.44. The van der Waals surface area contributed by atoms with E-state index in [2.05, 4.69) is 25.3 Å². The van der Waals surface area contributed by atoms with E-state index >= 15 is 0 Å². The number of benzene rings is 1. The minimum atomic E-state index is -4.61. The molecular formula is C28H30F3N6OSi. The Kier molecular flexibility index (Phi) is 6.33. The van der Waals surface area contributed by atoms with Crippen LogP contribution in [0.2, 0.25) is 0 Å². The second kappa shape index (κ2) is 9.48. The van der Waals surface area contributed by atoms with Crippen molar-refractivity contribution in [1.29, 1.82) is 0 Å². The molecule has 1 unspecified atom stereocenters. The molecule has 3 aromatic heterocycles. The Hall–Kier alpha value is -3.18. The summed E-state index contributed by atoms with van der Waals surface area (Å²) in [4.78, 5) is 15.7. The van der Waals surface area contributed by atoms with Crippen LogP contribution in [0.3, 0.4) is 0 Å². The molecule has 203 valence electrons. The minimum absolute atomic E-state index is 0.00452. The highest BCUT2D eigenvalue weighted by Crippen LogP contribution is 2.43.